The largest absolute Gasteiger partial charge is 0.388 e. The molecule has 3 fully saturated rings. The molecule has 1 N–H and O–H groups in total. The summed E-state index contributed by atoms with van der Waals surface area (Å²) >= 11 is 0. The number of nitrogens with zero attached hydrogens (tertiary/aromatic N) is 6. The van der Waals surface area contributed by atoms with E-state index in [0.29, 0.717) is 68.8 Å². The fourth-order valence-corrected chi connectivity index (χ4v) is 6.03. The van der Waals surface area contributed by atoms with Gasteiger partial charge in [0.05, 0.1) is 37.2 Å². The van der Waals surface area contributed by atoms with Crippen molar-refractivity contribution in [3.8, 4) is 16.8 Å². The van der Waals surface area contributed by atoms with Crippen LogP contribution < -0.4 is 5.56 Å². The number of rotatable bonds is 6. The summed E-state index contributed by atoms with van der Waals surface area (Å²) < 4.78 is 8.44. The van der Waals surface area contributed by atoms with Gasteiger partial charge in [0.2, 0.25) is 5.91 Å². The molecule has 222 valence electrons. The summed E-state index contributed by atoms with van der Waals surface area (Å²) in [6, 6.07) is 15.3. The van der Waals surface area contributed by atoms with Crippen molar-refractivity contribution < 1.29 is 19.4 Å². The lowest BCUT2D eigenvalue weighted by atomic mass is 9.91. The van der Waals surface area contributed by atoms with Gasteiger partial charge in [0.15, 0.2) is 5.65 Å². The van der Waals surface area contributed by atoms with Gasteiger partial charge in [0, 0.05) is 37.7 Å². The number of piperidine rings is 1. The third-order valence-corrected chi connectivity index (χ3v) is 8.80. The highest BCUT2D eigenvalue weighted by Gasteiger charge is 2.39. The van der Waals surface area contributed by atoms with Crippen molar-refractivity contribution >= 4 is 22.8 Å². The maximum absolute atomic E-state index is 13.4. The SMILES string of the molecule is O=C(c1cccc(-c2ccc(-n3ncc4c(=O)n(CC5(O)CCN(C(=O)C6CC6)CC5)cnc43)cc2)c1)N1CCOCC1. The monoisotopic (exact) mass is 582 g/mol. The molecule has 11 nitrogen and oxygen atoms in total. The Bertz CT molecular complexity index is 1730. The molecule has 0 radical (unpaired) electrons. The molecule has 0 unspecified atom stereocenters. The van der Waals surface area contributed by atoms with E-state index >= 15 is 0 Å². The quantitative estimate of drug-likeness (QED) is 0.371. The molecule has 4 aromatic rings. The number of amides is 2. The number of morpholine rings is 1. The average molecular weight is 583 g/mol. The summed E-state index contributed by atoms with van der Waals surface area (Å²) in [4.78, 5) is 46.9. The van der Waals surface area contributed by atoms with Gasteiger partial charge in [0.25, 0.3) is 11.5 Å². The highest BCUT2D eigenvalue weighted by Crippen LogP contribution is 2.33. The average Bonchev–Trinajstić information content (AvgIpc) is 3.81. The number of benzene rings is 2. The van der Waals surface area contributed by atoms with E-state index in [1.807, 2.05) is 58.3 Å². The first-order valence-electron chi connectivity index (χ1n) is 14.9. The predicted octanol–water partition coefficient (Wildman–Crippen LogP) is 2.49. The molecule has 3 aliphatic rings. The summed E-state index contributed by atoms with van der Waals surface area (Å²) in [5.74, 6) is 0.355. The van der Waals surface area contributed by atoms with E-state index in [1.54, 1.807) is 4.68 Å². The van der Waals surface area contributed by atoms with Gasteiger partial charge in [-0.15, -0.1) is 0 Å². The van der Waals surface area contributed by atoms with Crippen molar-refractivity contribution in [3.05, 3.63) is 77.0 Å². The van der Waals surface area contributed by atoms with E-state index in [2.05, 4.69) is 10.1 Å². The Morgan fingerprint density at radius 2 is 1.70 bits per heavy atom. The van der Waals surface area contributed by atoms with Crippen molar-refractivity contribution in [2.24, 2.45) is 5.92 Å². The van der Waals surface area contributed by atoms with Crippen molar-refractivity contribution in [1.82, 2.24) is 29.1 Å². The number of likely N-dealkylation sites (tertiary alicyclic amines) is 1. The second-order valence-electron chi connectivity index (χ2n) is 11.8. The maximum Gasteiger partial charge on any atom is 0.264 e. The van der Waals surface area contributed by atoms with Gasteiger partial charge in [-0.1, -0.05) is 24.3 Å². The summed E-state index contributed by atoms with van der Waals surface area (Å²) in [5.41, 5.74) is 2.36. The molecular weight excluding hydrogens is 548 g/mol. The van der Waals surface area contributed by atoms with Gasteiger partial charge < -0.3 is 19.6 Å². The molecule has 2 amide bonds. The molecule has 1 saturated carbocycles. The molecule has 0 spiro atoms. The van der Waals surface area contributed by atoms with Crippen LogP contribution in [0.2, 0.25) is 0 Å². The Labute approximate surface area is 248 Å². The number of carbonyl (C=O) groups excluding carboxylic acids is 2. The molecular formula is C32H34N6O5. The van der Waals surface area contributed by atoms with Gasteiger partial charge in [0.1, 0.15) is 11.7 Å². The molecule has 2 aliphatic heterocycles. The third-order valence-electron chi connectivity index (χ3n) is 8.80. The van der Waals surface area contributed by atoms with Crippen molar-refractivity contribution in [2.45, 2.75) is 37.8 Å². The first-order chi connectivity index (χ1) is 20.9. The Morgan fingerprint density at radius 1 is 0.953 bits per heavy atom. The second kappa shape index (κ2) is 11.1. The molecule has 43 heavy (non-hydrogen) atoms. The first-order valence-corrected chi connectivity index (χ1v) is 14.9. The minimum absolute atomic E-state index is 0.00256. The van der Waals surface area contributed by atoms with Gasteiger partial charge in [-0.3, -0.25) is 19.0 Å². The minimum atomic E-state index is -1.07. The number of hydrogen-bond donors (Lipinski definition) is 1. The number of aliphatic hydroxyl groups is 1. The second-order valence-corrected chi connectivity index (χ2v) is 11.8. The molecule has 7 rings (SSSR count). The molecule has 2 aromatic heterocycles. The predicted molar refractivity (Wildman–Crippen MR) is 159 cm³/mol. The number of carbonyl (C=O) groups is 2. The zero-order chi connectivity index (χ0) is 29.6. The number of ether oxygens (including phenoxy) is 1. The Morgan fingerprint density at radius 3 is 2.42 bits per heavy atom. The number of hydrogen-bond acceptors (Lipinski definition) is 7. The van der Waals surface area contributed by atoms with Crippen LogP contribution >= 0.6 is 0 Å². The fraction of sp³-hybridized carbons (Fsp3) is 0.406. The van der Waals surface area contributed by atoms with Crippen LogP contribution in [0.1, 0.15) is 36.0 Å². The van der Waals surface area contributed by atoms with Gasteiger partial charge >= 0.3 is 0 Å². The van der Waals surface area contributed by atoms with E-state index in [-0.39, 0.29) is 29.8 Å². The summed E-state index contributed by atoms with van der Waals surface area (Å²) in [6.45, 7) is 3.42. The highest BCUT2D eigenvalue weighted by molar-refractivity contribution is 5.95. The molecule has 1 aliphatic carbocycles. The lowest BCUT2D eigenvalue weighted by molar-refractivity contribution is -0.137. The van der Waals surface area contributed by atoms with E-state index in [9.17, 15) is 19.5 Å². The third kappa shape index (κ3) is 5.46. The van der Waals surface area contributed by atoms with Crippen LogP contribution in [0, 0.1) is 5.92 Å². The summed E-state index contributed by atoms with van der Waals surface area (Å²) in [6.07, 6.45) is 5.75. The smallest absolute Gasteiger partial charge is 0.264 e. The zero-order valence-corrected chi connectivity index (χ0v) is 23.9. The van der Waals surface area contributed by atoms with E-state index in [1.165, 1.54) is 17.1 Å². The van der Waals surface area contributed by atoms with Gasteiger partial charge in [-0.05, 0) is 61.1 Å². The lowest BCUT2D eigenvalue weighted by Gasteiger charge is -2.38. The van der Waals surface area contributed by atoms with E-state index in [4.69, 9.17) is 4.74 Å². The normalized spacial score (nSPS) is 18.6. The van der Waals surface area contributed by atoms with Crippen LogP contribution in [0.25, 0.3) is 27.8 Å². The summed E-state index contributed by atoms with van der Waals surface area (Å²) in [7, 11) is 0. The van der Waals surface area contributed by atoms with Crippen LogP contribution in [0.4, 0.5) is 0 Å². The molecule has 0 bridgehead atoms. The van der Waals surface area contributed by atoms with Crippen LogP contribution in [0.3, 0.4) is 0 Å². The maximum atomic E-state index is 13.4. The highest BCUT2D eigenvalue weighted by atomic mass is 16.5. The first kappa shape index (κ1) is 27.5. The van der Waals surface area contributed by atoms with Crippen LogP contribution in [0.5, 0.6) is 0 Å². The topological polar surface area (TPSA) is 123 Å². The zero-order valence-electron chi connectivity index (χ0n) is 23.9. The Hall–Kier alpha value is -4.35. The minimum Gasteiger partial charge on any atom is -0.388 e. The number of aromatic nitrogens is 4. The molecule has 4 heterocycles. The molecule has 11 heteroatoms. The van der Waals surface area contributed by atoms with Crippen molar-refractivity contribution in [2.75, 3.05) is 39.4 Å². The van der Waals surface area contributed by atoms with Crippen LogP contribution in [-0.2, 0) is 16.1 Å². The van der Waals surface area contributed by atoms with Gasteiger partial charge in [-0.25, -0.2) is 9.67 Å². The summed E-state index contributed by atoms with van der Waals surface area (Å²) in [5, 5.41) is 16.0. The van der Waals surface area contributed by atoms with Gasteiger partial charge in [-0.2, -0.15) is 5.10 Å². The molecule has 0 atom stereocenters. The Kier molecular flexibility index (Phi) is 7.06. The lowest BCUT2D eigenvalue weighted by Crippen LogP contribution is -2.50. The molecule has 2 aromatic carbocycles. The Balaban J connectivity index is 1.07. The molecule has 2 saturated heterocycles. The van der Waals surface area contributed by atoms with E-state index < -0.39 is 5.60 Å². The standard InChI is InChI=1S/C32H34N6O5/c39-29(23-4-5-23)35-12-10-32(42,11-13-35)20-37-21-33-28-27(31(37)41)19-34-38(28)26-8-6-22(7-9-26)24-2-1-3-25(18-24)30(40)36-14-16-43-17-15-36/h1-3,6-9,18-19,21,23,42H,4-5,10-17,20H2. The fourth-order valence-electron chi connectivity index (χ4n) is 6.03. The van der Waals surface area contributed by atoms with Crippen LogP contribution in [-0.4, -0.2) is 91.0 Å². The number of fused-ring (bicyclic) bond motifs is 1. The van der Waals surface area contributed by atoms with Crippen LogP contribution in [0.15, 0.2) is 65.8 Å². The van der Waals surface area contributed by atoms with Crippen molar-refractivity contribution in [3.63, 3.8) is 0 Å². The van der Waals surface area contributed by atoms with E-state index in [0.717, 1.165) is 29.7 Å². The van der Waals surface area contributed by atoms with Crippen molar-refractivity contribution in [1.29, 1.82) is 0 Å².